The highest BCUT2D eigenvalue weighted by Crippen LogP contribution is 2.56. The average Bonchev–Trinajstić information content (AvgIpc) is 3.25. The molecule has 0 amide bonds. The molecule has 0 fully saturated rings. The number of fused-ring (bicyclic) bond motifs is 3. The fraction of sp³-hybridized carbons (Fsp3) is 0.0286. The van der Waals surface area contributed by atoms with Gasteiger partial charge in [-0.05, 0) is 73.8 Å². The van der Waals surface area contributed by atoms with Crippen molar-refractivity contribution in [3.63, 3.8) is 0 Å². The van der Waals surface area contributed by atoms with Gasteiger partial charge in [0.05, 0.1) is 5.41 Å². The highest BCUT2D eigenvalue weighted by Gasteiger charge is 2.46. The lowest BCUT2D eigenvalue weighted by molar-refractivity contribution is 0.771. The molecule has 0 spiro atoms. The van der Waals surface area contributed by atoms with Gasteiger partial charge < -0.3 is 0 Å². The molecule has 0 saturated carbocycles. The van der Waals surface area contributed by atoms with Crippen molar-refractivity contribution in [1.82, 2.24) is 0 Å². The predicted octanol–water partition coefficient (Wildman–Crippen LogP) is 9.08. The summed E-state index contributed by atoms with van der Waals surface area (Å²) < 4.78 is 0. The molecule has 1 aliphatic rings. The first-order valence-corrected chi connectivity index (χ1v) is 12.0. The quantitative estimate of drug-likeness (QED) is 0.236. The summed E-state index contributed by atoms with van der Waals surface area (Å²) in [7, 11) is 0. The summed E-state index contributed by atoms with van der Waals surface area (Å²) in [5, 5.41) is 0. The highest BCUT2D eigenvalue weighted by molar-refractivity contribution is 5.88. The van der Waals surface area contributed by atoms with E-state index in [2.05, 4.69) is 141 Å². The van der Waals surface area contributed by atoms with Gasteiger partial charge in [-0.3, -0.25) is 0 Å². The van der Waals surface area contributed by atoms with E-state index in [1.165, 1.54) is 50.1 Å². The number of benzene rings is 5. The predicted molar refractivity (Wildman–Crippen MR) is 148 cm³/mol. The summed E-state index contributed by atoms with van der Waals surface area (Å²) in [6.07, 6.45) is 1.93. The second-order valence-corrected chi connectivity index (χ2v) is 9.10. The third kappa shape index (κ3) is 3.22. The Morgan fingerprint density at radius 1 is 0.514 bits per heavy atom. The van der Waals surface area contributed by atoms with Gasteiger partial charge in [-0.25, -0.2) is 0 Å². The molecule has 35 heavy (non-hydrogen) atoms. The van der Waals surface area contributed by atoms with Crippen molar-refractivity contribution in [2.45, 2.75) is 5.41 Å². The average molecular weight is 447 g/mol. The standard InChI is InChI=1S/C35H26/c1-3-25(2)35(33-20-12-10-18-31(33)32-19-11-13-21-34(32)35)30-23-28(26-14-6-4-7-15-26)22-29(24-30)27-16-8-5-9-17-27/h3-24H,1-2H2. The minimum absolute atomic E-state index is 0.511. The lowest BCUT2D eigenvalue weighted by Crippen LogP contribution is -2.28. The van der Waals surface area contributed by atoms with Gasteiger partial charge in [-0.1, -0.05) is 128 Å². The maximum atomic E-state index is 4.59. The van der Waals surface area contributed by atoms with E-state index in [9.17, 15) is 0 Å². The molecule has 5 aromatic rings. The Balaban J connectivity index is 1.73. The molecule has 0 aliphatic heterocycles. The van der Waals surface area contributed by atoms with Crippen LogP contribution in [0.1, 0.15) is 16.7 Å². The second kappa shape index (κ2) is 8.42. The van der Waals surface area contributed by atoms with Crippen LogP contribution in [0.25, 0.3) is 33.4 Å². The largest absolute Gasteiger partial charge is 0.0988 e. The molecule has 0 radical (unpaired) electrons. The molecule has 0 nitrogen and oxygen atoms in total. The van der Waals surface area contributed by atoms with Gasteiger partial charge in [-0.2, -0.15) is 0 Å². The summed E-state index contributed by atoms with van der Waals surface area (Å²) in [5.41, 5.74) is 11.5. The van der Waals surface area contributed by atoms with Crippen LogP contribution in [0, 0.1) is 0 Å². The molecule has 0 bridgehead atoms. The maximum Gasteiger partial charge on any atom is 0.0708 e. The Hall–Kier alpha value is -4.42. The monoisotopic (exact) mass is 446 g/mol. The van der Waals surface area contributed by atoms with Crippen LogP contribution in [0.4, 0.5) is 0 Å². The smallest absolute Gasteiger partial charge is 0.0708 e. The van der Waals surface area contributed by atoms with Crippen molar-refractivity contribution in [1.29, 1.82) is 0 Å². The van der Waals surface area contributed by atoms with Gasteiger partial charge >= 0.3 is 0 Å². The fourth-order valence-corrected chi connectivity index (χ4v) is 5.67. The molecule has 0 unspecified atom stereocenters. The number of rotatable bonds is 5. The van der Waals surface area contributed by atoms with Gasteiger partial charge in [0.1, 0.15) is 0 Å². The zero-order valence-electron chi connectivity index (χ0n) is 19.6. The molecule has 1 aliphatic carbocycles. The Labute approximate surface area is 207 Å². The topological polar surface area (TPSA) is 0 Å². The molecule has 166 valence electrons. The summed E-state index contributed by atoms with van der Waals surface area (Å²) in [6.45, 7) is 8.77. The summed E-state index contributed by atoms with van der Waals surface area (Å²) in [5.74, 6) is 0. The van der Waals surface area contributed by atoms with Crippen molar-refractivity contribution >= 4 is 0 Å². The Kier molecular flexibility index (Phi) is 5.08. The van der Waals surface area contributed by atoms with E-state index in [1.54, 1.807) is 0 Å². The van der Waals surface area contributed by atoms with Crippen molar-refractivity contribution in [2.24, 2.45) is 0 Å². The van der Waals surface area contributed by atoms with Crippen LogP contribution in [-0.2, 0) is 5.41 Å². The first-order chi connectivity index (χ1) is 17.2. The number of allylic oxidation sites excluding steroid dienone is 2. The zero-order valence-corrected chi connectivity index (χ0v) is 19.6. The summed E-state index contributed by atoms with van der Waals surface area (Å²) >= 11 is 0. The Morgan fingerprint density at radius 2 is 0.943 bits per heavy atom. The Morgan fingerprint density at radius 3 is 1.40 bits per heavy atom. The highest BCUT2D eigenvalue weighted by atomic mass is 14.5. The van der Waals surface area contributed by atoms with Crippen LogP contribution in [-0.4, -0.2) is 0 Å². The molecule has 6 rings (SSSR count). The van der Waals surface area contributed by atoms with Crippen molar-refractivity contribution < 1.29 is 0 Å². The molecule has 0 heterocycles. The molecule has 0 atom stereocenters. The summed E-state index contributed by atoms with van der Waals surface area (Å²) in [6, 6.07) is 45.7. The van der Waals surface area contributed by atoms with E-state index in [0.29, 0.717) is 0 Å². The maximum absolute atomic E-state index is 4.59. The second-order valence-electron chi connectivity index (χ2n) is 9.10. The van der Waals surface area contributed by atoms with Crippen LogP contribution in [0.15, 0.2) is 152 Å². The third-order valence-electron chi connectivity index (χ3n) is 7.26. The van der Waals surface area contributed by atoms with Crippen LogP contribution >= 0.6 is 0 Å². The third-order valence-corrected chi connectivity index (χ3v) is 7.26. The first kappa shape index (κ1) is 21.1. The molecule has 0 N–H and O–H groups in total. The SMILES string of the molecule is C=CC(=C)C1(c2cc(-c3ccccc3)cc(-c3ccccc3)c2)c2ccccc2-c2ccccc21. The van der Waals surface area contributed by atoms with Crippen LogP contribution in [0.2, 0.25) is 0 Å². The van der Waals surface area contributed by atoms with Crippen molar-refractivity contribution in [3.8, 4) is 33.4 Å². The van der Waals surface area contributed by atoms with E-state index in [1.807, 2.05) is 6.08 Å². The lowest BCUT2D eigenvalue weighted by Gasteiger charge is -2.34. The lowest BCUT2D eigenvalue weighted by atomic mass is 9.67. The minimum atomic E-state index is -0.511. The zero-order chi connectivity index (χ0) is 23.8. The van der Waals surface area contributed by atoms with Crippen LogP contribution < -0.4 is 0 Å². The van der Waals surface area contributed by atoms with Crippen LogP contribution in [0.3, 0.4) is 0 Å². The minimum Gasteiger partial charge on any atom is -0.0988 e. The normalized spacial score (nSPS) is 13.0. The van der Waals surface area contributed by atoms with Gasteiger partial charge in [-0.15, -0.1) is 0 Å². The summed E-state index contributed by atoms with van der Waals surface area (Å²) in [4.78, 5) is 0. The van der Waals surface area contributed by atoms with Gasteiger partial charge in [0.15, 0.2) is 0 Å². The van der Waals surface area contributed by atoms with E-state index in [-0.39, 0.29) is 0 Å². The van der Waals surface area contributed by atoms with E-state index < -0.39 is 5.41 Å². The molecular formula is C35H26. The van der Waals surface area contributed by atoms with E-state index >= 15 is 0 Å². The van der Waals surface area contributed by atoms with Crippen molar-refractivity contribution in [3.05, 3.63) is 169 Å². The van der Waals surface area contributed by atoms with E-state index in [4.69, 9.17) is 0 Å². The molecule has 5 aromatic carbocycles. The van der Waals surface area contributed by atoms with Gasteiger partial charge in [0.25, 0.3) is 0 Å². The molecule has 0 heteroatoms. The van der Waals surface area contributed by atoms with Gasteiger partial charge in [0, 0.05) is 0 Å². The number of hydrogen-bond acceptors (Lipinski definition) is 0. The number of hydrogen-bond donors (Lipinski definition) is 0. The molecule has 0 saturated heterocycles. The Bertz CT molecular complexity index is 1450. The first-order valence-electron chi connectivity index (χ1n) is 12.0. The van der Waals surface area contributed by atoms with Crippen molar-refractivity contribution in [2.75, 3.05) is 0 Å². The fourth-order valence-electron chi connectivity index (χ4n) is 5.67. The van der Waals surface area contributed by atoms with Gasteiger partial charge in [0.2, 0.25) is 0 Å². The molecular weight excluding hydrogens is 420 g/mol. The van der Waals surface area contributed by atoms with Crippen LogP contribution in [0.5, 0.6) is 0 Å². The molecule has 0 aromatic heterocycles. The van der Waals surface area contributed by atoms with E-state index in [0.717, 1.165) is 5.57 Å².